The first-order chi connectivity index (χ1) is 16.1. The van der Waals surface area contributed by atoms with E-state index >= 15 is 0 Å². The Bertz CT molecular complexity index is 741. The molecule has 1 aromatic carbocycles. The van der Waals surface area contributed by atoms with Crippen LogP contribution in [0.5, 0.6) is 5.75 Å². The molecule has 0 aliphatic carbocycles. The highest BCUT2D eigenvalue weighted by atomic mass is 32.1. The molecule has 0 saturated carbocycles. The SMILES string of the molecule is CCC(CCc1ccc(OCCCCO)c(CN)c1)c1ccc(C(=O)O)s1.CN.CN.CN. The lowest BCUT2D eigenvalue weighted by Crippen LogP contribution is -2.05. The largest absolute Gasteiger partial charge is 0.493 e. The van der Waals surface area contributed by atoms with Crippen molar-refractivity contribution in [2.24, 2.45) is 22.9 Å². The highest BCUT2D eigenvalue weighted by Gasteiger charge is 2.15. The first kappa shape index (κ1) is 33.2. The van der Waals surface area contributed by atoms with E-state index in [0.717, 1.165) is 48.3 Å². The summed E-state index contributed by atoms with van der Waals surface area (Å²) in [6.07, 6.45) is 4.42. The Labute approximate surface area is 202 Å². The Morgan fingerprint density at radius 1 is 1.06 bits per heavy atom. The maximum atomic E-state index is 11.1. The van der Waals surface area contributed by atoms with Gasteiger partial charge >= 0.3 is 5.97 Å². The van der Waals surface area contributed by atoms with Crippen LogP contribution in [0.3, 0.4) is 0 Å². The van der Waals surface area contributed by atoms with E-state index in [1.54, 1.807) is 6.07 Å². The Balaban J connectivity index is 0. The highest BCUT2D eigenvalue weighted by molar-refractivity contribution is 7.14. The second-order valence-corrected chi connectivity index (χ2v) is 7.69. The van der Waals surface area contributed by atoms with Gasteiger partial charge in [-0.05, 0) is 82.9 Å². The number of aliphatic hydroxyl groups excluding tert-OH is 1. The lowest BCUT2D eigenvalue weighted by Gasteiger charge is -2.15. The zero-order valence-corrected chi connectivity index (χ0v) is 21.4. The van der Waals surface area contributed by atoms with Gasteiger partial charge in [0.25, 0.3) is 0 Å². The Kier molecular flexibility index (Phi) is 21.9. The number of carboxylic acid groups (broad SMARTS) is 1. The average molecular weight is 485 g/mol. The molecule has 0 saturated heterocycles. The van der Waals surface area contributed by atoms with E-state index < -0.39 is 5.97 Å². The molecule has 8 nitrogen and oxygen atoms in total. The monoisotopic (exact) mass is 484 g/mol. The molecule has 0 spiro atoms. The summed E-state index contributed by atoms with van der Waals surface area (Å²) in [5, 5.41) is 17.9. The van der Waals surface area contributed by atoms with Crippen molar-refractivity contribution in [1.82, 2.24) is 0 Å². The summed E-state index contributed by atoms with van der Waals surface area (Å²) in [6.45, 7) is 3.32. The molecule has 0 amide bonds. The van der Waals surface area contributed by atoms with Crippen LogP contribution in [0.2, 0.25) is 0 Å². The summed E-state index contributed by atoms with van der Waals surface area (Å²) in [5.74, 6) is 0.317. The number of aryl methyl sites for hydroxylation is 1. The predicted octanol–water partition coefficient (Wildman–Crippen LogP) is 2.91. The van der Waals surface area contributed by atoms with Crippen molar-refractivity contribution in [3.63, 3.8) is 0 Å². The zero-order valence-electron chi connectivity index (χ0n) is 20.5. The maximum absolute atomic E-state index is 11.1. The second-order valence-electron chi connectivity index (χ2n) is 6.58. The van der Waals surface area contributed by atoms with Crippen LogP contribution in [0, 0.1) is 0 Å². The predicted molar refractivity (Wildman–Crippen MR) is 139 cm³/mol. The van der Waals surface area contributed by atoms with E-state index in [1.165, 1.54) is 38.0 Å². The quantitative estimate of drug-likeness (QED) is 0.250. The number of unbranched alkanes of at least 4 members (excludes halogenated alkanes) is 1. The van der Waals surface area contributed by atoms with Crippen molar-refractivity contribution < 1.29 is 19.7 Å². The standard InChI is InChI=1S/C21H29NO4S.3CH5N/c1-2-16(19-9-10-20(27-19)21(24)25)7-5-15-6-8-18(17(13-15)14-22)26-12-4-3-11-23;3*1-2/h6,8-10,13,16,23H,2-5,7,11-12,14,22H2,1H3,(H,24,25);3*2H2,1H3. The fraction of sp³-hybridized carbons (Fsp3) is 0.542. The average Bonchev–Trinajstić information content (AvgIpc) is 3.37. The normalized spacial score (nSPS) is 10.5. The number of aliphatic hydroxyl groups is 1. The van der Waals surface area contributed by atoms with Gasteiger partial charge in [0, 0.05) is 23.6 Å². The van der Waals surface area contributed by atoms with Crippen LogP contribution in [-0.2, 0) is 13.0 Å². The molecule has 1 atom stereocenters. The fourth-order valence-corrected chi connectivity index (χ4v) is 4.12. The van der Waals surface area contributed by atoms with Crippen LogP contribution < -0.4 is 27.7 Å². The number of hydrogen-bond acceptors (Lipinski definition) is 8. The number of aromatic carboxylic acids is 1. The maximum Gasteiger partial charge on any atom is 0.345 e. The number of rotatable bonds is 12. The van der Waals surface area contributed by atoms with Crippen LogP contribution in [0.15, 0.2) is 30.3 Å². The molecule has 0 fully saturated rings. The van der Waals surface area contributed by atoms with Crippen molar-refractivity contribution in [3.8, 4) is 5.75 Å². The first-order valence-corrected chi connectivity index (χ1v) is 12.0. The molecule has 2 rings (SSSR count). The van der Waals surface area contributed by atoms with Gasteiger partial charge in [-0.25, -0.2) is 4.79 Å². The van der Waals surface area contributed by atoms with E-state index in [9.17, 15) is 4.79 Å². The minimum Gasteiger partial charge on any atom is -0.493 e. The van der Waals surface area contributed by atoms with E-state index in [-0.39, 0.29) is 6.61 Å². The molecule has 190 valence electrons. The van der Waals surface area contributed by atoms with E-state index in [0.29, 0.717) is 23.9 Å². The van der Waals surface area contributed by atoms with Crippen LogP contribution in [-0.4, -0.2) is 50.5 Å². The summed E-state index contributed by atoms with van der Waals surface area (Å²) < 4.78 is 5.78. The molecule has 9 heteroatoms. The van der Waals surface area contributed by atoms with Crippen molar-refractivity contribution >= 4 is 17.3 Å². The molecule has 2 aromatic rings. The third-order valence-corrected chi connectivity index (χ3v) is 5.90. The van der Waals surface area contributed by atoms with Gasteiger partial charge in [0.1, 0.15) is 10.6 Å². The number of carboxylic acids is 1. The topological polar surface area (TPSA) is 171 Å². The van der Waals surface area contributed by atoms with Gasteiger partial charge in [-0.15, -0.1) is 11.3 Å². The van der Waals surface area contributed by atoms with Gasteiger partial charge in [0.05, 0.1) is 6.61 Å². The first-order valence-electron chi connectivity index (χ1n) is 11.2. The fourth-order valence-electron chi connectivity index (χ4n) is 3.06. The zero-order chi connectivity index (χ0) is 25.6. The summed E-state index contributed by atoms with van der Waals surface area (Å²) in [4.78, 5) is 12.6. The summed E-state index contributed by atoms with van der Waals surface area (Å²) >= 11 is 1.37. The molecule has 10 N–H and O–H groups in total. The number of nitrogens with two attached hydrogens (primary N) is 4. The minimum atomic E-state index is -0.858. The molecule has 0 radical (unpaired) electrons. The molecular formula is C24H44N4O4S. The smallest absolute Gasteiger partial charge is 0.345 e. The van der Waals surface area contributed by atoms with Crippen LogP contribution in [0.4, 0.5) is 0 Å². The van der Waals surface area contributed by atoms with E-state index in [2.05, 4.69) is 36.3 Å². The molecule has 1 heterocycles. The Hall–Kier alpha value is -2.01. The molecule has 1 aromatic heterocycles. The minimum absolute atomic E-state index is 0.183. The van der Waals surface area contributed by atoms with Crippen molar-refractivity contribution in [2.45, 2.75) is 51.5 Å². The van der Waals surface area contributed by atoms with Gasteiger partial charge in [-0.3, -0.25) is 0 Å². The van der Waals surface area contributed by atoms with Gasteiger partial charge in [-0.1, -0.05) is 19.1 Å². The lowest BCUT2D eigenvalue weighted by molar-refractivity contribution is 0.0702. The number of thiophene rings is 1. The van der Waals surface area contributed by atoms with Crippen molar-refractivity contribution in [1.29, 1.82) is 0 Å². The van der Waals surface area contributed by atoms with Crippen LogP contribution >= 0.6 is 11.3 Å². The number of carbonyl (C=O) groups is 1. The number of benzene rings is 1. The number of ether oxygens (including phenoxy) is 1. The van der Waals surface area contributed by atoms with Crippen LogP contribution in [0.1, 0.15) is 64.2 Å². The van der Waals surface area contributed by atoms with E-state index in [1.807, 2.05) is 12.1 Å². The van der Waals surface area contributed by atoms with Gasteiger partial charge < -0.3 is 37.9 Å². The van der Waals surface area contributed by atoms with Gasteiger partial charge in [0.15, 0.2) is 0 Å². The highest BCUT2D eigenvalue weighted by Crippen LogP contribution is 2.31. The lowest BCUT2D eigenvalue weighted by atomic mass is 9.95. The van der Waals surface area contributed by atoms with E-state index in [4.69, 9.17) is 20.7 Å². The summed E-state index contributed by atoms with van der Waals surface area (Å²) in [6, 6.07) is 9.79. The molecular weight excluding hydrogens is 440 g/mol. The summed E-state index contributed by atoms with van der Waals surface area (Å²) in [5.41, 5.74) is 21.6. The Morgan fingerprint density at radius 2 is 1.73 bits per heavy atom. The van der Waals surface area contributed by atoms with Crippen LogP contribution in [0.25, 0.3) is 0 Å². The van der Waals surface area contributed by atoms with Gasteiger partial charge in [-0.2, -0.15) is 0 Å². The molecule has 1 unspecified atom stereocenters. The third kappa shape index (κ3) is 12.7. The third-order valence-electron chi connectivity index (χ3n) is 4.67. The van der Waals surface area contributed by atoms with Gasteiger partial charge in [0.2, 0.25) is 0 Å². The summed E-state index contributed by atoms with van der Waals surface area (Å²) in [7, 11) is 4.50. The molecule has 0 bridgehead atoms. The Morgan fingerprint density at radius 3 is 2.24 bits per heavy atom. The second kappa shape index (κ2) is 21.8. The van der Waals surface area contributed by atoms with Crippen molar-refractivity contribution in [2.75, 3.05) is 34.4 Å². The molecule has 0 aliphatic heterocycles. The van der Waals surface area contributed by atoms with Crippen molar-refractivity contribution in [3.05, 3.63) is 51.2 Å². The molecule has 33 heavy (non-hydrogen) atoms. The number of hydrogen-bond donors (Lipinski definition) is 6. The molecule has 0 aliphatic rings.